The first-order valence-corrected chi connectivity index (χ1v) is 4.28. The average molecular weight is 157 g/mol. The van der Waals surface area contributed by atoms with Crippen LogP contribution in [-0.4, -0.2) is 24.1 Å². The first-order valence-electron chi connectivity index (χ1n) is 4.28. The van der Waals surface area contributed by atoms with Crippen molar-refractivity contribution in [2.24, 2.45) is 0 Å². The zero-order valence-corrected chi connectivity index (χ0v) is 7.01. The second-order valence-corrected chi connectivity index (χ2v) is 2.72. The summed E-state index contributed by atoms with van der Waals surface area (Å²) < 4.78 is 0. The Labute approximate surface area is 67.3 Å². The number of nitrogens with zero attached hydrogens (tertiary/aromatic N) is 1. The molecule has 0 spiro atoms. The Morgan fingerprint density at radius 2 is 2.27 bits per heavy atom. The fourth-order valence-electron chi connectivity index (χ4n) is 1.25. The van der Waals surface area contributed by atoms with Gasteiger partial charge in [-0.05, 0) is 19.8 Å². The lowest BCUT2D eigenvalue weighted by Crippen LogP contribution is -2.30. The summed E-state index contributed by atoms with van der Waals surface area (Å²) in [6.07, 6.45) is 3.89. The predicted molar refractivity (Wildman–Crippen MR) is 41.8 cm³/mol. The minimum atomic E-state index is 0.143. The van der Waals surface area contributed by atoms with E-state index in [-0.39, 0.29) is 5.91 Å². The van der Waals surface area contributed by atoms with Gasteiger partial charge in [-0.1, -0.05) is 6.42 Å². The van der Waals surface area contributed by atoms with Crippen LogP contribution in [0.3, 0.4) is 0 Å². The van der Waals surface area contributed by atoms with Gasteiger partial charge in [-0.15, -0.1) is 0 Å². The summed E-state index contributed by atoms with van der Waals surface area (Å²) in [5, 5.41) is 1.51. The molecule has 1 saturated heterocycles. The number of amides is 1. The predicted octanol–water partition coefficient (Wildman–Crippen LogP) is 1.34. The van der Waals surface area contributed by atoms with Crippen molar-refractivity contribution in [3.05, 3.63) is 0 Å². The third-order valence-corrected chi connectivity index (χ3v) is 1.81. The molecule has 0 aromatic carbocycles. The fraction of sp³-hybridized carbons (Fsp3) is 0.875. The van der Waals surface area contributed by atoms with E-state index in [1.807, 2.05) is 6.92 Å². The summed E-state index contributed by atoms with van der Waals surface area (Å²) in [4.78, 5) is 16.4. The highest BCUT2D eigenvalue weighted by Gasteiger charge is 2.15. The molecular formula is C8H15NO2. The van der Waals surface area contributed by atoms with Gasteiger partial charge in [0.1, 0.15) is 0 Å². The quantitative estimate of drug-likeness (QED) is 0.605. The van der Waals surface area contributed by atoms with E-state index >= 15 is 0 Å². The van der Waals surface area contributed by atoms with E-state index in [4.69, 9.17) is 4.84 Å². The highest BCUT2D eigenvalue weighted by Crippen LogP contribution is 2.10. The van der Waals surface area contributed by atoms with Crippen molar-refractivity contribution >= 4 is 5.91 Å². The van der Waals surface area contributed by atoms with E-state index in [0.717, 1.165) is 25.8 Å². The smallest absolute Gasteiger partial charge is 0.246 e. The van der Waals surface area contributed by atoms with Crippen LogP contribution in [0.1, 0.15) is 32.6 Å². The maximum Gasteiger partial charge on any atom is 0.246 e. The van der Waals surface area contributed by atoms with Crippen LogP contribution in [0.5, 0.6) is 0 Å². The molecule has 0 N–H and O–H groups in total. The molecule has 0 aromatic rings. The number of carbonyl (C=O) groups is 1. The lowest BCUT2D eigenvalue weighted by atomic mass is 10.2. The van der Waals surface area contributed by atoms with Crippen molar-refractivity contribution in [1.29, 1.82) is 0 Å². The normalized spacial score (nSPS) is 20.1. The zero-order chi connectivity index (χ0) is 8.10. The Morgan fingerprint density at radius 3 is 3.00 bits per heavy atom. The van der Waals surface area contributed by atoms with Crippen LogP contribution in [0.4, 0.5) is 0 Å². The summed E-state index contributed by atoms with van der Waals surface area (Å²) in [5.41, 5.74) is 0. The number of rotatable bonds is 2. The summed E-state index contributed by atoms with van der Waals surface area (Å²) in [7, 11) is 0. The van der Waals surface area contributed by atoms with Gasteiger partial charge in [-0.25, -0.2) is 5.06 Å². The minimum absolute atomic E-state index is 0.143. The van der Waals surface area contributed by atoms with Crippen LogP contribution in [0.25, 0.3) is 0 Å². The Kier molecular flexibility index (Phi) is 3.36. The van der Waals surface area contributed by atoms with Crippen LogP contribution in [0.15, 0.2) is 0 Å². The maximum atomic E-state index is 11.2. The maximum absolute atomic E-state index is 11.2. The molecule has 1 fully saturated rings. The van der Waals surface area contributed by atoms with Crippen molar-refractivity contribution in [1.82, 2.24) is 5.06 Å². The van der Waals surface area contributed by atoms with Crippen LogP contribution >= 0.6 is 0 Å². The molecule has 0 atom stereocenters. The number of carbonyl (C=O) groups excluding carboxylic acids is 1. The Bertz CT molecular complexity index is 136. The largest absolute Gasteiger partial charge is 0.273 e. The second-order valence-electron chi connectivity index (χ2n) is 2.72. The summed E-state index contributed by atoms with van der Waals surface area (Å²) in [5.74, 6) is 0.143. The molecule has 0 radical (unpaired) electrons. The van der Waals surface area contributed by atoms with Crippen molar-refractivity contribution in [3.8, 4) is 0 Å². The van der Waals surface area contributed by atoms with Crippen molar-refractivity contribution in [2.75, 3.05) is 13.2 Å². The van der Waals surface area contributed by atoms with E-state index in [2.05, 4.69) is 0 Å². The average Bonchev–Trinajstić information content (AvgIpc) is 2.18. The molecule has 1 amide bonds. The summed E-state index contributed by atoms with van der Waals surface area (Å²) >= 11 is 0. The molecule has 1 aliphatic heterocycles. The number of hydroxylamine groups is 2. The molecule has 1 heterocycles. The molecule has 0 aliphatic carbocycles. The van der Waals surface area contributed by atoms with Crippen LogP contribution < -0.4 is 0 Å². The molecule has 1 rings (SSSR count). The SMILES string of the molecule is CCON1CCCCCC1=O. The Balaban J connectivity index is 2.39. The number of hydrogen-bond acceptors (Lipinski definition) is 2. The Morgan fingerprint density at radius 1 is 1.45 bits per heavy atom. The molecular weight excluding hydrogens is 142 g/mol. The van der Waals surface area contributed by atoms with Crippen molar-refractivity contribution < 1.29 is 9.63 Å². The third kappa shape index (κ3) is 2.50. The highest BCUT2D eigenvalue weighted by atomic mass is 16.7. The highest BCUT2D eigenvalue weighted by molar-refractivity contribution is 5.75. The monoisotopic (exact) mass is 157 g/mol. The molecule has 0 aromatic heterocycles. The molecule has 0 bridgehead atoms. The summed E-state index contributed by atoms with van der Waals surface area (Å²) in [6.45, 7) is 3.26. The molecule has 1 aliphatic rings. The van der Waals surface area contributed by atoms with E-state index in [1.54, 1.807) is 0 Å². The molecule has 3 heteroatoms. The van der Waals surface area contributed by atoms with E-state index in [0.29, 0.717) is 13.0 Å². The van der Waals surface area contributed by atoms with Crippen LogP contribution in [0.2, 0.25) is 0 Å². The van der Waals surface area contributed by atoms with Crippen LogP contribution in [0, 0.1) is 0 Å². The van der Waals surface area contributed by atoms with Gasteiger partial charge in [0.25, 0.3) is 0 Å². The molecule has 0 unspecified atom stereocenters. The van der Waals surface area contributed by atoms with Gasteiger partial charge < -0.3 is 0 Å². The fourth-order valence-corrected chi connectivity index (χ4v) is 1.25. The van der Waals surface area contributed by atoms with Gasteiger partial charge in [0.05, 0.1) is 6.61 Å². The Hall–Kier alpha value is -0.570. The molecule has 64 valence electrons. The molecule has 11 heavy (non-hydrogen) atoms. The lowest BCUT2D eigenvalue weighted by molar-refractivity contribution is -0.183. The lowest BCUT2D eigenvalue weighted by Gasteiger charge is -2.18. The first kappa shape index (κ1) is 8.53. The molecule has 0 saturated carbocycles. The van der Waals surface area contributed by atoms with Gasteiger partial charge >= 0.3 is 0 Å². The van der Waals surface area contributed by atoms with Crippen molar-refractivity contribution in [3.63, 3.8) is 0 Å². The van der Waals surface area contributed by atoms with E-state index in [1.165, 1.54) is 5.06 Å². The topological polar surface area (TPSA) is 29.5 Å². The standard InChI is InChI=1S/C8H15NO2/c1-2-11-9-7-5-3-4-6-8(9)10/h2-7H2,1H3. The minimum Gasteiger partial charge on any atom is -0.273 e. The van der Waals surface area contributed by atoms with Gasteiger partial charge in [-0.3, -0.25) is 9.63 Å². The second kappa shape index (κ2) is 4.34. The summed E-state index contributed by atoms with van der Waals surface area (Å²) in [6, 6.07) is 0. The zero-order valence-electron chi connectivity index (χ0n) is 7.01. The van der Waals surface area contributed by atoms with Gasteiger partial charge in [-0.2, -0.15) is 0 Å². The third-order valence-electron chi connectivity index (χ3n) is 1.81. The van der Waals surface area contributed by atoms with Gasteiger partial charge in [0.2, 0.25) is 5.91 Å². The van der Waals surface area contributed by atoms with Crippen molar-refractivity contribution in [2.45, 2.75) is 32.6 Å². The van der Waals surface area contributed by atoms with Gasteiger partial charge in [0, 0.05) is 13.0 Å². The molecule has 3 nitrogen and oxygen atoms in total. The van der Waals surface area contributed by atoms with Crippen LogP contribution in [-0.2, 0) is 9.63 Å². The van der Waals surface area contributed by atoms with E-state index in [9.17, 15) is 4.79 Å². The van der Waals surface area contributed by atoms with E-state index < -0.39 is 0 Å². The van der Waals surface area contributed by atoms with Gasteiger partial charge in [0.15, 0.2) is 0 Å². The first-order chi connectivity index (χ1) is 5.34. The number of hydrogen-bond donors (Lipinski definition) is 0.